The van der Waals surface area contributed by atoms with E-state index < -0.39 is 15.8 Å². The molecule has 0 aromatic heterocycles. The van der Waals surface area contributed by atoms with Gasteiger partial charge in [0.05, 0.1) is 0 Å². The fourth-order valence-corrected chi connectivity index (χ4v) is 9.56. The predicted octanol–water partition coefficient (Wildman–Crippen LogP) is 4.75. The third-order valence-electron chi connectivity index (χ3n) is 6.80. The Balaban J connectivity index is 0.000000170. The fourth-order valence-electron chi connectivity index (χ4n) is 4.76. The van der Waals surface area contributed by atoms with E-state index in [4.69, 9.17) is 0 Å². The molecule has 4 heteroatoms. The van der Waals surface area contributed by atoms with Gasteiger partial charge in [-0.25, -0.2) is 0 Å². The van der Waals surface area contributed by atoms with Crippen molar-refractivity contribution in [1.82, 2.24) is 0 Å². The number of rotatable bonds is 6. The molecule has 0 aliphatic carbocycles. The second-order valence-electron chi connectivity index (χ2n) is 9.94. The molecule has 0 spiro atoms. The molecular weight excluding hydrogens is 752 g/mol. The SMILES string of the molecule is [I-].[Ni+][c]1ccccc1.c1ccc(P(c2ccccc2)c2ccccc2)cc1.c1ccc(P(c2ccccc2)c2ccccc2)cc1. The summed E-state index contributed by atoms with van der Waals surface area (Å²) < 4.78 is 0.947. The third kappa shape index (κ3) is 10.9. The first-order chi connectivity index (χ1) is 22.3. The average molecular weight is 787 g/mol. The summed E-state index contributed by atoms with van der Waals surface area (Å²) >= 11 is 4.54. The molecule has 0 atom stereocenters. The zero-order valence-electron chi connectivity index (χ0n) is 25.3. The Kier molecular flexibility index (Phi) is 15.4. The topological polar surface area (TPSA) is 0 Å². The molecular formula is C42H35INiP2. The minimum absolute atomic E-state index is 0. The monoisotopic (exact) mass is 786 g/mol. The molecule has 0 N–H and O–H groups in total. The van der Waals surface area contributed by atoms with Crippen molar-refractivity contribution in [3.63, 3.8) is 0 Å². The van der Waals surface area contributed by atoms with Crippen LogP contribution in [-0.4, -0.2) is 0 Å². The van der Waals surface area contributed by atoms with Crippen LogP contribution in [0.1, 0.15) is 0 Å². The molecule has 0 radical (unpaired) electrons. The zero-order chi connectivity index (χ0) is 30.9. The van der Waals surface area contributed by atoms with Gasteiger partial charge in [-0.15, -0.1) is 0 Å². The van der Waals surface area contributed by atoms with Crippen LogP contribution >= 0.6 is 15.8 Å². The van der Waals surface area contributed by atoms with Crippen molar-refractivity contribution in [3.8, 4) is 0 Å². The van der Waals surface area contributed by atoms with Crippen molar-refractivity contribution in [3.05, 3.63) is 212 Å². The maximum atomic E-state index is 4.54. The van der Waals surface area contributed by atoms with Crippen molar-refractivity contribution in [2.24, 2.45) is 0 Å². The van der Waals surface area contributed by atoms with Gasteiger partial charge in [0, 0.05) is 0 Å². The molecule has 0 unspecified atom stereocenters. The smallest absolute Gasteiger partial charge is 0.0134 e. The summed E-state index contributed by atoms with van der Waals surface area (Å²) in [6.07, 6.45) is 0. The van der Waals surface area contributed by atoms with Crippen LogP contribution in [-0.2, 0) is 15.5 Å². The molecule has 0 nitrogen and oxygen atoms in total. The van der Waals surface area contributed by atoms with Gasteiger partial charge < -0.3 is 24.0 Å². The fraction of sp³-hybridized carbons (Fsp3) is 0. The molecule has 7 aromatic rings. The van der Waals surface area contributed by atoms with Gasteiger partial charge in [0.2, 0.25) is 0 Å². The average Bonchev–Trinajstić information content (AvgIpc) is 3.12. The molecule has 0 bridgehead atoms. The van der Waals surface area contributed by atoms with E-state index in [1.54, 1.807) is 0 Å². The van der Waals surface area contributed by atoms with Gasteiger partial charge in [-0.2, -0.15) is 0 Å². The van der Waals surface area contributed by atoms with Crippen molar-refractivity contribution >= 4 is 52.2 Å². The first-order valence-corrected chi connectivity index (χ1v) is 18.1. The number of benzene rings is 7. The van der Waals surface area contributed by atoms with Crippen LogP contribution in [0.2, 0.25) is 0 Å². The van der Waals surface area contributed by atoms with Gasteiger partial charge in [0.1, 0.15) is 0 Å². The Morgan fingerprint density at radius 2 is 0.391 bits per heavy atom. The van der Waals surface area contributed by atoms with Crippen LogP contribution in [0, 0.1) is 0 Å². The summed E-state index contributed by atoms with van der Waals surface area (Å²) in [5.74, 6) is 0. The molecule has 46 heavy (non-hydrogen) atoms. The van der Waals surface area contributed by atoms with Crippen LogP contribution in [0.3, 0.4) is 0 Å². The third-order valence-corrected chi connectivity index (χ3v) is 12.0. The van der Waals surface area contributed by atoms with Crippen LogP contribution in [0.15, 0.2) is 212 Å². The number of halogens is 1. The molecule has 0 saturated carbocycles. The van der Waals surface area contributed by atoms with Gasteiger partial charge in [0.25, 0.3) is 0 Å². The molecule has 0 heterocycles. The van der Waals surface area contributed by atoms with E-state index in [0.717, 1.165) is 4.53 Å². The molecule has 7 rings (SSSR count). The van der Waals surface area contributed by atoms with E-state index in [9.17, 15) is 0 Å². The van der Waals surface area contributed by atoms with Gasteiger partial charge in [0.15, 0.2) is 0 Å². The number of hydrogen-bond acceptors (Lipinski definition) is 0. The maximum Gasteiger partial charge on any atom is -0.0134 e. The Hall–Kier alpha value is -3.38. The van der Waals surface area contributed by atoms with Gasteiger partial charge >= 0.3 is 50.3 Å². The minimum atomic E-state index is -0.446. The largest absolute Gasteiger partial charge is 0.0622 e. The molecule has 0 fully saturated rings. The van der Waals surface area contributed by atoms with Crippen LogP contribution < -0.4 is 60.3 Å². The van der Waals surface area contributed by atoms with Crippen molar-refractivity contribution in [1.29, 1.82) is 0 Å². The van der Waals surface area contributed by atoms with E-state index >= 15 is 0 Å². The Morgan fingerprint density at radius 1 is 0.239 bits per heavy atom. The Morgan fingerprint density at radius 3 is 0.522 bits per heavy atom. The minimum Gasteiger partial charge on any atom is -0.0622 e. The Bertz CT molecular complexity index is 1470. The van der Waals surface area contributed by atoms with Crippen molar-refractivity contribution in [2.75, 3.05) is 0 Å². The first-order valence-electron chi connectivity index (χ1n) is 14.9. The van der Waals surface area contributed by atoms with E-state index in [-0.39, 0.29) is 24.0 Å². The zero-order valence-corrected chi connectivity index (χ0v) is 30.2. The van der Waals surface area contributed by atoms with Gasteiger partial charge in [-0.1, -0.05) is 182 Å². The standard InChI is InChI=1S/2C18H15P.C6H5.HI.Ni/c2*1-4-10-16(11-5-1)19(17-12-6-2-7-13-17)18-14-8-3-9-15-18;1-2-4-6-5-3-1;;/h2*1-15H;1-5H;1H;/q;;;;+1/p-1. The van der Waals surface area contributed by atoms with E-state index in [0.29, 0.717) is 0 Å². The van der Waals surface area contributed by atoms with Crippen LogP contribution in [0.5, 0.6) is 0 Å². The second-order valence-corrected chi connectivity index (χ2v) is 15.0. The summed E-state index contributed by atoms with van der Waals surface area (Å²) in [5.41, 5.74) is 0. The van der Waals surface area contributed by atoms with Crippen molar-refractivity contribution < 1.29 is 39.4 Å². The summed E-state index contributed by atoms with van der Waals surface area (Å²) in [6.45, 7) is 0. The molecule has 0 aliphatic heterocycles. The first kappa shape index (κ1) is 35.5. The molecule has 0 aliphatic rings. The molecule has 230 valence electrons. The molecule has 0 saturated heterocycles. The summed E-state index contributed by atoms with van der Waals surface area (Å²) in [4.78, 5) is 0. The van der Waals surface area contributed by atoms with E-state index in [1.807, 2.05) is 30.3 Å². The van der Waals surface area contributed by atoms with Gasteiger partial charge in [-0.3, -0.25) is 0 Å². The quantitative estimate of drug-likeness (QED) is 0.130. The van der Waals surface area contributed by atoms with E-state index in [1.165, 1.54) is 31.8 Å². The van der Waals surface area contributed by atoms with Crippen LogP contribution in [0.25, 0.3) is 0 Å². The van der Waals surface area contributed by atoms with E-state index in [2.05, 4.69) is 197 Å². The summed E-state index contributed by atoms with van der Waals surface area (Å²) in [7, 11) is -0.892. The number of hydrogen-bond donors (Lipinski definition) is 0. The Labute approximate surface area is 301 Å². The van der Waals surface area contributed by atoms with Gasteiger partial charge in [-0.05, 0) is 47.7 Å². The summed E-state index contributed by atoms with van der Waals surface area (Å²) in [6, 6.07) is 74.3. The summed E-state index contributed by atoms with van der Waals surface area (Å²) in [5, 5.41) is 8.39. The van der Waals surface area contributed by atoms with Crippen molar-refractivity contribution in [2.45, 2.75) is 0 Å². The van der Waals surface area contributed by atoms with Crippen LogP contribution in [0.4, 0.5) is 0 Å². The normalized spacial score (nSPS) is 10.1. The second kappa shape index (κ2) is 20.0. The molecule has 7 aromatic carbocycles. The predicted molar refractivity (Wildman–Crippen MR) is 196 cm³/mol. The maximum absolute atomic E-state index is 4.54. The molecule has 0 amide bonds.